The smallest absolute Gasteiger partial charge is 0.273 e. The third-order valence-electron chi connectivity index (χ3n) is 6.68. The summed E-state index contributed by atoms with van der Waals surface area (Å²) in [6.45, 7) is 7.62. The number of halogens is 1. The molecule has 0 aliphatic carbocycles. The van der Waals surface area contributed by atoms with Crippen molar-refractivity contribution in [2.75, 3.05) is 13.7 Å². The molecular formula is C26H31ClN4O5S. The first-order valence-electron chi connectivity index (χ1n) is 12.1. The van der Waals surface area contributed by atoms with Gasteiger partial charge < -0.3 is 24.6 Å². The normalized spacial score (nSPS) is 19.2. The highest BCUT2D eigenvalue weighted by Gasteiger charge is 2.44. The number of aliphatic hydroxyl groups is 1. The van der Waals surface area contributed by atoms with Gasteiger partial charge in [0.15, 0.2) is 5.76 Å². The molecule has 2 aromatic heterocycles. The summed E-state index contributed by atoms with van der Waals surface area (Å²) in [4.78, 5) is 33.8. The third-order valence-corrected chi connectivity index (χ3v) is 8.01. The standard InChI is InChI=1S/C26H31ClN4O5S/c1-13(2)20(22-21(27)25(35-5)30-36-22)26(34)31-11-18(32)10-19(31)24(33)29-14(3)16-6-8-17(9-7-16)23-15(4)28-12-37-23/h6-9,12-14,18-20,32H,10-11H2,1-5H3,(H,29,33)/t14-,18+,19+,20?/m0/s1. The molecule has 9 nitrogen and oxygen atoms in total. The molecule has 0 saturated carbocycles. The molecule has 2 amide bonds. The summed E-state index contributed by atoms with van der Waals surface area (Å²) in [5.74, 6) is -1.40. The number of hydrogen-bond acceptors (Lipinski definition) is 8. The minimum atomic E-state index is -0.825. The quantitative estimate of drug-likeness (QED) is 0.431. The van der Waals surface area contributed by atoms with Crippen molar-refractivity contribution in [1.82, 2.24) is 20.4 Å². The topological polar surface area (TPSA) is 118 Å². The molecule has 0 spiro atoms. The number of aromatic nitrogens is 2. The Hall–Kier alpha value is -2.95. The molecule has 4 atom stereocenters. The van der Waals surface area contributed by atoms with Crippen molar-refractivity contribution in [2.45, 2.75) is 58.2 Å². The zero-order valence-corrected chi connectivity index (χ0v) is 23.0. The van der Waals surface area contributed by atoms with Gasteiger partial charge in [-0.25, -0.2) is 4.98 Å². The Balaban J connectivity index is 1.50. The van der Waals surface area contributed by atoms with Crippen molar-refractivity contribution in [2.24, 2.45) is 5.92 Å². The summed E-state index contributed by atoms with van der Waals surface area (Å²) in [7, 11) is 1.41. The summed E-state index contributed by atoms with van der Waals surface area (Å²) in [6.07, 6.45) is -0.670. The predicted octanol–water partition coefficient (Wildman–Crippen LogP) is 4.35. The molecule has 37 heavy (non-hydrogen) atoms. The Bertz CT molecular complexity index is 1260. The fraction of sp³-hybridized carbons (Fsp3) is 0.462. The number of nitrogens with zero attached hydrogens (tertiary/aromatic N) is 3. The van der Waals surface area contributed by atoms with Crippen LogP contribution >= 0.6 is 22.9 Å². The van der Waals surface area contributed by atoms with Gasteiger partial charge in [-0.3, -0.25) is 9.59 Å². The molecule has 1 saturated heterocycles. The maximum Gasteiger partial charge on any atom is 0.273 e. The number of thiazole rings is 1. The Morgan fingerprint density at radius 3 is 2.54 bits per heavy atom. The summed E-state index contributed by atoms with van der Waals surface area (Å²) in [5.41, 5.74) is 4.80. The highest BCUT2D eigenvalue weighted by atomic mass is 35.5. The molecule has 1 fully saturated rings. The van der Waals surface area contributed by atoms with Crippen LogP contribution in [0.2, 0.25) is 5.02 Å². The summed E-state index contributed by atoms with van der Waals surface area (Å²) >= 11 is 7.93. The molecule has 1 unspecified atom stereocenters. The lowest BCUT2D eigenvalue weighted by atomic mass is 9.91. The van der Waals surface area contributed by atoms with E-state index in [0.717, 1.165) is 21.7 Å². The number of methoxy groups -OCH3 is 1. The second-order valence-corrected chi connectivity index (χ2v) is 10.8. The number of rotatable bonds is 8. The molecule has 1 aromatic carbocycles. The van der Waals surface area contributed by atoms with Crippen LogP contribution in [-0.4, -0.2) is 57.8 Å². The second-order valence-electron chi connectivity index (χ2n) is 9.61. The van der Waals surface area contributed by atoms with Gasteiger partial charge in [0, 0.05) is 13.0 Å². The van der Waals surface area contributed by atoms with Crippen LogP contribution in [0.3, 0.4) is 0 Å². The Labute approximate surface area is 224 Å². The first kappa shape index (κ1) is 27.1. The van der Waals surface area contributed by atoms with Crippen LogP contribution in [0.5, 0.6) is 5.88 Å². The molecular weight excluding hydrogens is 516 g/mol. The van der Waals surface area contributed by atoms with E-state index >= 15 is 0 Å². The number of likely N-dealkylation sites (tertiary alicyclic amines) is 1. The van der Waals surface area contributed by atoms with E-state index < -0.39 is 18.1 Å². The first-order chi connectivity index (χ1) is 17.6. The van der Waals surface area contributed by atoms with Crippen molar-refractivity contribution >= 4 is 34.8 Å². The van der Waals surface area contributed by atoms with Crippen molar-refractivity contribution in [3.63, 3.8) is 0 Å². The van der Waals surface area contributed by atoms with E-state index in [1.165, 1.54) is 12.0 Å². The van der Waals surface area contributed by atoms with E-state index in [1.54, 1.807) is 11.3 Å². The van der Waals surface area contributed by atoms with Gasteiger partial charge in [0.2, 0.25) is 11.8 Å². The average Bonchev–Trinajstić information content (AvgIpc) is 3.57. The molecule has 0 radical (unpaired) electrons. The number of β-amino-alcohol motifs (C(OH)–C–C–N with tert-alkyl or cyclic N) is 1. The van der Waals surface area contributed by atoms with Crippen LogP contribution < -0.4 is 10.1 Å². The molecule has 198 valence electrons. The van der Waals surface area contributed by atoms with Crippen LogP contribution in [0.4, 0.5) is 0 Å². The van der Waals surface area contributed by atoms with Crippen molar-refractivity contribution < 1.29 is 24.0 Å². The van der Waals surface area contributed by atoms with Gasteiger partial charge in [0.25, 0.3) is 5.88 Å². The molecule has 2 N–H and O–H groups in total. The van der Waals surface area contributed by atoms with Gasteiger partial charge in [-0.15, -0.1) is 11.3 Å². The summed E-state index contributed by atoms with van der Waals surface area (Å²) in [6, 6.07) is 6.84. The fourth-order valence-electron chi connectivity index (χ4n) is 4.68. The van der Waals surface area contributed by atoms with Gasteiger partial charge in [-0.1, -0.05) is 49.7 Å². The number of carbonyl (C=O) groups is 2. The van der Waals surface area contributed by atoms with Crippen LogP contribution in [-0.2, 0) is 9.59 Å². The van der Waals surface area contributed by atoms with E-state index in [9.17, 15) is 14.7 Å². The number of ether oxygens (including phenoxy) is 1. The molecule has 3 heterocycles. The van der Waals surface area contributed by atoms with Gasteiger partial charge in [0.05, 0.1) is 35.3 Å². The number of benzene rings is 1. The van der Waals surface area contributed by atoms with E-state index in [0.29, 0.717) is 0 Å². The lowest BCUT2D eigenvalue weighted by Crippen LogP contribution is -2.48. The van der Waals surface area contributed by atoms with Crippen LogP contribution in [0.15, 0.2) is 34.3 Å². The third kappa shape index (κ3) is 5.51. The number of amides is 2. The van der Waals surface area contributed by atoms with E-state index in [2.05, 4.69) is 15.5 Å². The van der Waals surface area contributed by atoms with Gasteiger partial charge in [-0.05, 0) is 36.0 Å². The van der Waals surface area contributed by atoms with E-state index in [4.69, 9.17) is 20.9 Å². The number of carbonyl (C=O) groups excluding carboxylic acids is 2. The molecule has 11 heteroatoms. The minimum Gasteiger partial charge on any atom is -0.478 e. The molecule has 0 bridgehead atoms. The zero-order valence-electron chi connectivity index (χ0n) is 21.4. The number of nitrogens with one attached hydrogen (secondary N) is 1. The van der Waals surface area contributed by atoms with E-state index in [-0.39, 0.29) is 53.4 Å². The molecule has 3 aromatic rings. The average molecular weight is 547 g/mol. The highest BCUT2D eigenvalue weighted by molar-refractivity contribution is 7.13. The lowest BCUT2D eigenvalue weighted by molar-refractivity contribution is -0.141. The summed E-state index contributed by atoms with van der Waals surface area (Å²) in [5, 5.41) is 17.3. The Morgan fingerprint density at radius 1 is 1.27 bits per heavy atom. The Morgan fingerprint density at radius 2 is 1.97 bits per heavy atom. The van der Waals surface area contributed by atoms with Gasteiger partial charge >= 0.3 is 0 Å². The van der Waals surface area contributed by atoms with Crippen LogP contribution in [0.25, 0.3) is 10.4 Å². The van der Waals surface area contributed by atoms with Crippen molar-refractivity contribution in [3.8, 4) is 16.3 Å². The highest BCUT2D eigenvalue weighted by Crippen LogP contribution is 2.38. The van der Waals surface area contributed by atoms with Gasteiger partial charge in [-0.2, -0.15) is 0 Å². The van der Waals surface area contributed by atoms with Gasteiger partial charge in [0.1, 0.15) is 17.0 Å². The SMILES string of the molecule is COc1noc(C(C(=O)N2C[C@H](O)C[C@@H]2C(=O)N[C@@H](C)c2ccc(-c3scnc3C)cc2)C(C)C)c1Cl. The number of aliphatic hydroxyl groups excluding tert-OH is 1. The minimum absolute atomic E-state index is 0.0420. The van der Waals surface area contributed by atoms with Crippen LogP contribution in [0, 0.1) is 12.8 Å². The molecule has 1 aliphatic heterocycles. The number of hydrogen-bond donors (Lipinski definition) is 2. The largest absolute Gasteiger partial charge is 0.478 e. The molecule has 1 aliphatic rings. The second kappa shape index (κ2) is 11.2. The lowest BCUT2D eigenvalue weighted by Gasteiger charge is -2.29. The monoisotopic (exact) mass is 546 g/mol. The fourth-order valence-corrected chi connectivity index (χ4v) is 5.75. The molecule has 4 rings (SSSR count). The summed E-state index contributed by atoms with van der Waals surface area (Å²) < 4.78 is 10.4. The van der Waals surface area contributed by atoms with Crippen molar-refractivity contribution in [3.05, 3.63) is 51.8 Å². The first-order valence-corrected chi connectivity index (χ1v) is 13.4. The van der Waals surface area contributed by atoms with Crippen molar-refractivity contribution in [1.29, 1.82) is 0 Å². The zero-order chi connectivity index (χ0) is 26.9. The maximum atomic E-state index is 13.7. The number of aryl methyl sites for hydroxylation is 1. The Kier molecular flexibility index (Phi) is 8.20. The van der Waals surface area contributed by atoms with Crippen LogP contribution in [0.1, 0.15) is 56.2 Å². The predicted molar refractivity (Wildman–Crippen MR) is 141 cm³/mol. The van der Waals surface area contributed by atoms with E-state index in [1.807, 2.05) is 57.5 Å². The maximum absolute atomic E-state index is 13.7.